The zero-order chi connectivity index (χ0) is 6.81. The number of aromatic nitrogens is 2. The third-order valence-corrected chi connectivity index (χ3v) is 1.73. The molecule has 1 aliphatic heterocycles. The van der Waals surface area contributed by atoms with E-state index in [1.54, 1.807) is 12.4 Å². The molecule has 0 aliphatic carbocycles. The van der Waals surface area contributed by atoms with Crippen LogP contribution in [-0.2, 0) is 0 Å². The molecule has 0 radical (unpaired) electrons. The fourth-order valence-corrected chi connectivity index (χ4v) is 0.993. The van der Waals surface area contributed by atoms with Gasteiger partial charge in [-0.2, -0.15) is 0 Å². The summed E-state index contributed by atoms with van der Waals surface area (Å²) in [7, 11) is 0. The van der Waals surface area contributed by atoms with Crippen molar-refractivity contribution >= 4 is 12.4 Å². The smallest absolute Gasteiger partial charge is 0.133 e. The zero-order valence-corrected chi connectivity index (χ0v) is 6.84. The van der Waals surface area contributed by atoms with Gasteiger partial charge in [-0.15, -0.1) is 12.4 Å². The summed E-state index contributed by atoms with van der Waals surface area (Å²) in [6.45, 7) is 2.06. The molecule has 0 saturated carbocycles. The van der Waals surface area contributed by atoms with E-state index in [1.165, 1.54) is 0 Å². The molecule has 0 spiro atoms. The van der Waals surface area contributed by atoms with Gasteiger partial charge in [0, 0.05) is 31.4 Å². The maximum atomic E-state index is 4.15. The van der Waals surface area contributed by atoms with Gasteiger partial charge in [-0.1, -0.05) is 0 Å². The number of halogens is 1. The first-order chi connectivity index (χ1) is 4.97. The molecule has 1 saturated heterocycles. The van der Waals surface area contributed by atoms with Gasteiger partial charge >= 0.3 is 0 Å². The number of nitrogens with one attached hydrogen (secondary N) is 1. The van der Waals surface area contributed by atoms with Crippen molar-refractivity contribution < 1.29 is 0 Å². The van der Waals surface area contributed by atoms with E-state index in [0.29, 0.717) is 5.92 Å². The maximum absolute atomic E-state index is 4.15. The Balaban J connectivity index is 0.000000605. The number of rotatable bonds is 1. The lowest BCUT2D eigenvalue weighted by Crippen LogP contribution is -2.40. The van der Waals surface area contributed by atoms with Crippen molar-refractivity contribution in [1.29, 1.82) is 0 Å². The largest absolute Gasteiger partial charge is 0.315 e. The maximum Gasteiger partial charge on any atom is 0.133 e. The lowest BCUT2D eigenvalue weighted by molar-refractivity contribution is 0.430. The Morgan fingerprint density at radius 3 is 2.36 bits per heavy atom. The van der Waals surface area contributed by atoms with E-state index in [9.17, 15) is 0 Å². The van der Waals surface area contributed by atoms with Crippen LogP contribution >= 0.6 is 12.4 Å². The molecule has 3 nitrogen and oxygen atoms in total. The highest BCUT2D eigenvalue weighted by atomic mass is 35.5. The van der Waals surface area contributed by atoms with E-state index in [0.717, 1.165) is 18.9 Å². The van der Waals surface area contributed by atoms with Crippen LogP contribution in [0.3, 0.4) is 0 Å². The average Bonchev–Trinajstić information content (AvgIpc) is 1.86. The van der Waals surface area contributed by atoms with Crippen LogP contribution in [0.5, 0.6) is 0 Å². The summed E-state index contributed by atoms with van der Waals surface area (Å²) >= 11 is 0. The second-order valence-electron chi connectivity index (χ2n) is 2.46. The Kier molecular flexibility index (Phi) is 2.79. The van der Waals surface area contributed by atoms with Gasteiger partial charge in [0.25, 0.3) is 0 Å². The normalized spacial score (nSPS) is 16.7. The molecule has 2 rings (SSSR count). The topological polar surface area (TPSA) is 37.8 Å². The van der Waals surface area contributed by atoms with Crippen molar-refractivity contribution in [3.8, 4) is 0 Å². The van der Waals surface area contributed by atoms with Crippen LogP contribution in [-0.4, -0.2) is 23.1 Å². The Hall–Kier alpha value is -0.670. The zero-order valence-electron chi connectivity index (χ0n) is 6.03. The minimum atomic E-state index is 0. The van der Waals surface area contributed by atoms with Crippen LogP contribution in [0.15, 0.2) is 18.5 Å². The van der Waals surface area contributed by atoms with Gasteiger partial charge in [0.05, 0.1) is 0 Å². The van der Waals surface area contributed by atoms with Crippen LogP contribution in [0.1, 0.15) is 11.7 Å². The molecule has 1 N–H and O–H groups in total. The molecule has 0 aromatic carbocycles. The minimum Gasteiger partial charge on any atom is -0.315 e. The molecule has 0 bridgehead atoms. The van der Waals surface area contributed by atoms with Crippen LogP contribution in [0.2, 0.25) is 0 Å². The molecule has 4 heteroatoms. The van der Waals surface area contributed by atoms with E-state index in [2.05, 4.69) is 15.3 Å². The third kappa shape index (κ3) is 1.67. The standard InChI is InChI=1S/C7H9N3.ClH/c1-2-9-7(10-3-1)6-4-8-5-6;/h1-3,6,8H,4-5H2;1H. The quantitative estimate of drug-likeness (QED) is 0.672. The van der Waals surface area contributed by atoms with Gasteiger partial charge in [-0.05, 0) is 6.07 Å². The third-order valence-electron chi connectivity index (χ3n) is 1.73. The Morgan fingerprint density at radius 1 is 1.27 bits per heavy atom. The van der Waals surface area contributed by atoms with E-state index >= 15 is 0 Å². The number of nitrogens with zero attached hydrogens (tertiary/aromatic N) is 2. The molecule has 0 unspecified atom stereocenters. The average molecular weight is 172 g/mol. The molecule has 1 aromatic heterocycles. The predicted octanol–water partition coefficient (Wildman–Crippen LogP) is 0.585. The monoisotopic (exact) mass is 171 g/mol. The molecular weight excluding hydrogens is 162 g/mol. The molecule has 60 valence electrons. The van der Waals surface area contributed by atoms with Crippen LogP contribution in [0.4, 0.5) is 0 Å². The SMILES string of the molecule is Cl.c1cnc(C2CNC2)nc1. The van der Waals surface area contributed by atoms with E-state index in [1.807, 2.05) is 6.07 Å². The summed E-state index contributed by atoms with van der Waals surface area (Å²) < 4.78 is 0. The highest BCUT2D eigenvalue weighted by Crippen LogP contribution is 2.13. The number of hydrogen-bond donors (Lipinski definition) is 1. The summed E-state index contributed by atoms with van der Waals surface area (Å²) in [6.07, 6.45) is 3.58. The first-order valence-electron chi connectivity index (χ1n) is 3.44. The van der Waals surface area contributed by atoms with Crippen molar-refractivity contribution in [2.24, 2.45) is 0 Å². The molecule has 11 heavy (non-hydrogen) atoms. The second kappa shape index (κ2) is 3.64. The summed E-state index contributed by atoms with van der Waals surface area (Å²) in [6, 6.07) is 1.84. The first-order valence-corrected chi connectivity index (χ1v) is 3.44. The summed E-state index contributed by atoms with van der Waals surface area (Å²) in [5.74, 6) is 1.53. The molecule has 0 atom stereocenters. The van der Waals surface area contributed by atoms with Crippen molar-refractivity contribution in [3.63, 3.8) is 0 Å². The Bertz CT molecular complexity index is 210. The molecule has 1 fully saturated rings. The van der Waals surface area contributed by atoms with Crippen molar-refractivity contribution in [1.82, 2.24) is 15.3 Å². The van der Waals surface area contributed by atoms with Gasteiger partial charge in [-0.3, -0.25) is 0 Å². The predicted molar refractivity (Wildman–Crippen MR) is 44.9 cm³/mol. The van der Waals surface area contributed by atoms with E-state index in [-0.39, 0.29) is 12.4 Å². The fraction of sp³-hybridized carbons (Fsp3) is 0.429. The van der Waals surface area contributed by atoms with Crippen molar-refractivity contribution in [2.75, 3.05) is 13.1 Å². The molecular formula is C7H10ClN3. The van der Waals surface area contributed by atoms with Gasteiger partial charge in [-0.25, -0.2) is 9.97 Å². The van der Waals surface area contributed by atoms with Crippen LogP contribution < -0.4 is 5.32 Å². The second-order valence-corrected chi connectivity index (χ2v) is 2.46. The van der Waals surface area contributed by atoms with E-state index in [4.69, 9.17) is 0 Å². The summed E-state index contributed by atoms with van der Waals surface area (Å²) in [5.41, 5.74) is 0. The van der Waals surface area contributed by atoms with Crippen LogP contribution in [0, 0.1) is 0 Å². The molecule has 1 aliphatic rings. The van der Waals surface area contributed by atoms with Gasteiger partial charge in [0.1, 0.15) is 5.82 Å². The van der Waals surface area contributed by atoms with Gasteiger partial charge in [0.15, 0.2) is 0 Å². The highest BCUT2D eigenvalue weighted by Gasteiger charge is 2.20. The Morgan fingerprint density at radius 2 is 1.91 bits per heavy atom. The van der Waals surface area contributed by atoms with Gasteiger partial charge < -0.3 is 5.32 Å². The molecule has 2 heterocycles. The molecule has 1 aromatic rings. The lowest BCUT2D eigenvalue weighted by atomic mass is 10.0. The van der Waals surface area contributed by atoms with Crippen molar-refractivity contribution in [2.45, 2.75) is 5.92 Å². The fourth-order valence-electron chi connectivity index (χ4n) is 0.993. The first kappa shape index (κ1) is 8.43. The lowest BCUT2D eigenvalue weighted by Gasteiger charge is -2.24. The van der Waals surface area contributed by atoms with Crippen molar-refractivity contribution in [3.05, 3.63) is 24.3 Å². The summed E-state index contributed by atoms with van der Waals surface area (Å²) in [4.78, 5) is 8.30. The minimum absolute atomic E-state index is 0. The number of hydrogen-bond acceptors (Lipinski definition) is 3. The van der Waals surface area contributed by atoms with Gasteiger partial charge in [0.2, 0.25) is 0 Å². The van der Waals surface area contributed by atoms with E-state index < -0.39 is 0 Å². The molecule has 0 amide bonds. The van der Waals surface area contributed by atoms with Crippen LogP contribution in [0.25, 0.3) is 0 Å². The summed E-state index contributed by atoms with van der Waals surface area (Å²) in [5, 5.41) is 3.18. The Labute approximate surface area is 71.7 Å². The highest BCUT2D eigenvalue weighted by molar-refractivity contribution is 5.85.